The van der Waals surface area contributed by atoms with Gasteiger partial charge in [-0.3, -0.25) is 0 Å². The molecule has 1 saturated heterocycles. The molecule has 0 saturated carbocycles. The number of hydrogen-bond donors (Lipinski definition) is 1. The minimum absolute atomic E-state index is 0.00343. The second-order valence-electron chi connectivity index (χ2n) is 3.37. The van der Waals surface area contributed by atoms with E-state index >= 15 is 0 Å². The van der Waals surface area contributed by atoms with Gasteiger partial charge >= 0.3 is 0 Å². The summed E-state index contributed by atoms with van der Waals surface area (Å²) in [5.41, 5.74) is 0. The van der Waals surface area contributed by atoms with E-state index in [1.54, 1.807) is 0 Å². The smallest absolute Gasteiger partial charge is 0.109 e. The zero-order chi connectivity index (χ0) is 9.14. The van der Waals surface area contributed by atoms with E-state index in [0.717, 1.165) is 0 Å². The molecule has 0 bridgehead atoms. The van der Waals surface area contributed by atoms with Crippen LogP contribution in [0.1, 0.15) is 27.2 Å². The molecule has 0 aromatic carbocycles. The van der Waals surface area contributed by atoms with Gasteiger partial charge in [-0.25, -0.2) is 0 Å². The lowest BCUT2D eigenvalue weighted by atomic mass is 9.99. The maximum atomic E-state index is 9.64. The highest BCUT2D eigenvalue weighted by Gasteiger charge is 2.33. The maximum Gasteiger partial charge on any atom is 0.109 e. The van der Waals surface area contributed by atoms with Crippen molar-refractivity contribution in [1.82, 2.24) is 0 Å². The second-order valence-corrected chi connectivity index (χ2v) is 3.37. The highest BCUT2D eigenvalue weighted by molar-refractivity contribution is 4.82. The molecule has 2 unspecified atom stereocenters. The molecule has 0 spiro atoms. The lowest BCUT2D eigenvalue weighted by Crippen LogP contribution is -2.47. The van der Waals surface area contributed by atoms with Crippen LogP contribution in [-0.2, 0) is 9.47 Å². The molecule has 0 amide bonds. The molecule has 12 heavy (non-hydrogen) atoms. The molecule has 0 aromatic heterocycles. The van der Waals surface area contributed by atoms with Gasteiger partial charge in [0, 0.05) is 13.0 Å². The van der Waals surface area contributed by atoms with Crippen molar-refractivity contribution in [2.45, 2.75) is 51.6 Å². The van der Waals surface area contributed by atoms with Crippen LogP contribution in [-0.4, -0.2) is 36.1 Å². The Morgan fingerprint density at radius 3 is 2.67 bits per heavy atom. The zero-order valence-electron chi connectivity index (χ0n) is 7.99. The van der Waals surface area contributed by atoms with Crippen LogP contribution in [0, 0.1) is 0 Å². The summed E-state index contributed by atoms with van der Waals surface area (Å²) in [6, 6.07) is 0. The van der Waals surface area contributed by atoms with Crippen LogP contribution in [0.15, 0.2) is 0 Å². The third-order valence-corrected chi connectivity index (χ3v) is 2.22. The molecule has 1 rings (SSSR count). The van der Waals surface area contributed by atoms with Crippen molar-refractivity contribution in [3.8, 4) is 0 Å². The topological polar surface area (TPSA) is 38.7 Å². The van der Waals surface area contributed by atoms with Crippen LogP contribution in [0.25, 0.3) is 0 Å². The Labute approximate surface area is 73.7 Å². The Hall–Kier alpha value is -0.120. The molecule has 1 fully saturated rings. The fraction of sp³-hybridized carbons (Fsp3) is 1.00. The number of ether oxygens (including phenoxy) is 2. The Morgan fingerprint density at radius 1 is 1.50 bits per heavy atom. The highest BCUT2D eigenvalue weighted by atomic mass is 16.6. The Kier molecular flexibility index (Phi) is 3.50. The SMILES string of the molecule is CCO[C@@H]1C(O)C[C@H](C)OC1C. The van der Waals surface area contributed by atoms with Gasteiger partial charge < -0.3 is 14.6 Å². The molecule has 4 atom stereocenters. The molecular weight excluding hydrogens is 156 g/mol. The van der Waals surface area contributed by atoms with Gasteiger partial charge in [0.25, 0.3) is 0 Å². The summed E-state index contributed by atoms with van der Waals surface area (Å²) in [6.45, 7) is 6.47. The van der Waals surface area contributed by atoms with E-state index in [0.29, 0.717) is 13.0 Å². The van der Waals surface area contributed by atoms with E-state index in [4.69, 9.17) is 9.47 Å². The van der Waals surface area contributed by atoms with Gasteiger partial charge in [0.15, 0.2) is 0 Å². The van der Waals surface area contributed by atoms with Crippen molar-refractivity contribution >= 4 is 0 Å². The normalized spacial score (nSPS) is 43.0. The molecule has 3 heteroatoms. The standard InChI is InChI=1S/C9H18O3/c1-4-11-9-7(3)12-6(2)5-8(9)10/h6-10H,4-5H2,1-3H3/t6-,7?,8?,9-/m0/s1. The van der Waals surface area contributed by atoms with E-state index < -0.39 is 0 Å². The van der Waals surface area contributed by atoms with E-state index in [1.165, 1.54) is 0 Å². The monoisotopic (exact) mass is 174 g/mol. The molecule has 3 nitrogen and oxygen atoms in total. The molecular formula is C9H18O3. The summed E-state index contributed by atoms with van der Waals surface area (Å²) >= 11 is 0. The maximum absolute atomic E-state index is 9.64. The van der Waals surface area contributed by atoms with E-state index in [2.05, 4.69) is 0 Å². The fourth-order valence-corrected chi connectivity index (χ4v) is 1.73. The van der Waals surface area contributed by atoms with E-state index in [-0.39, 0.29) is 24.4 Å². The molecule has 0 radical (unpaired) electrons. The molecule has 0 aliphatic carbocycles. The first-order valence-corrected chi connectivity index (χ1v) is 4.60. The lowest BCUT2D eigenvalue weighted by molar-refractivity contribution is -0.175. The van der Waals surface area contributed by atoms with Gasteiger partial charge in [-0.05, 0) is 20.8 Å². The van der Waals surface area contributed by atoms with Crippen LogP contribution >= 0.6 is 0 Å². The lowest BCUT2D eigenvalue weighted by Gasteiger charge is -2.36. The summed E-state index contributed by atoms with van der Waals surface area (Å²) in [5, 5.41) is 9.64. The summed E-state index contributed by atoms with van der Waals surface area (Å²) in [6.07, 6.45) is 0.306. The van der Waals surface area contributed by atoms with Gasteiger partial charge in [0.05, 0.1) is 18.3 Å². The van der Waals surface area contributed by atoms with Crippen LogP contribution in [0.3, 0.4) is 0 Å². The summed E-state index contributed by atoms with van der Waals surface area (Å²) in [5.74, 6) is 0. The first-order valence-electron chi connectivity index (χ1n) is 4.60. The first kappa shape index (κ1) is 9.96. The Bertz CT molecular complexity index is 126. The van der Waals surface area contributed by atoms with Crippen molar-refractivity contribution < 1.29 is 14.6 Å². The molecule has 1 aliphatic heterocycles. The average Bonchev–Trinajstić information content (AvgIpc) is 1.96. The van der Waals surface area contributed by atoms with Crippen molar-refractivity contribution in [2.75, 3.05) is 6.61 Å². The minimum atomic E-state index is -0.372. The van der Waals surface area contributed by atoms with Crippen molar-refractivity contribution in [3.05, 3.63) is 0 Å². The zero-order valence-corrected chi connectivity index (χ0v) is 7.99. The molecule has 1 N–H and O–H groups in total. The largest absolute Gasteiger partial charge is 0.390 e. The van der Waals surface area contributed by atoms with Gasteiger partial charge in [0.1, 0.15) is 6.10 Å². The van der Waals surface area contributed by atoms with Gasteiger partial charge in [-0.1, -0.05) is 0 Å². The third kappa shape index (κ3) is 2.19. The molecule has 1 heterocycles. The average molecular weight is 174 g/mol. The Balaban J connectivity index is 2.48. The quantitative estimate of drug-likeness (QED) is 0.677. The summed E-state index contributed by atoms with van der Waals surface area (Å²) in [4.78, 5) is 0. The number of hydrogen-bond acceptors (Lipinski definition) is 3. The first-order chi connectivity index (χ1) is 5.65. The van der Waals surface area contributed by atoms with Crippen molar-refractivity contribution in [1.29, 1.82) is 0 Å². The van der Waals surface area contributed by atoms with Crippen LogP contribution in [0.2, 0.25) is 0 Å². The predicted molar refractivity (Wildman–Crippen MR) is 46.0 cm³/mol. The highest BCUT2D eigenvalue weighted by Crippen LogP contribution is 2.21. The van der Waals surface area contributed by atoms with Crippen LogP contribution in [0.4, 0.5) is 0 Å². The van der Waals surface area contributed by atoms with Crippen molar-refractivity contribution in [2.24, 2.45) is 0 Å². The summed E-state index contributed by atoms with van der Waals surface area (Å²) < 4.78 is 10.9. The Morgan fingerprint density at radius 2 is 2.17 bits per heavy atom. The van der Waals surface area contributed by atoms with Gasteiger partial charge in [-0.2, -0.15) is 0 Å². The number of rotatable bonds is 2. The molecule has 0 aromatic rings. The fourth-order valence-electron chi connectivity index (χ4n) is 1.73. The second kappa shape index (κ2) is 4.21. The van der Waals surface area contributed by atoms with E-state index in [9.17, 15) is 5.11 Å². The van der Waals surface area contributed by atoms with Crippen molar-refractivity contribution in [3.63, 3.8) is 0 Å². The van der Waals surface area contributed by atoms with Gasteiger partial charge in [-0.15, -0.1) is 0 Å². The minimum Gasteiger partial charge on any atom is -0.390 e. The number of aliphatic hydroxyl groups is 1. The molecule has 72 valence electrons. The molecule has 1 aliphatic rings. The predicted octanol–water partition coefficient (Wildman–Crippen LogP) is 0.950. The summed E-state index contributed by atoms with van der Waals surface area (Å²) in [7, 11) is 0. The number of aliphatic hydroxyl groups excluding tert-OH is 1. The third-order valence-electron chi connectivity index (χ3n) is 2.22. The van der Waals surface area contributed by atoms with Gasteiger partial charge in [0.2, 0.25) is 0 Å². The van der Waals surface area contributed by atoms with Crippen LogP contribution < -0.4 is 0 Å². The van der Waals surface area contributed by atoms with Crippen LogP contribution in [0.5, 0.6) is 0 Å². The van der Waals surface area contributed by atoms with E-state index in [1.807, 2.05) is 20.8 Å².